The number of thiol groups is 1. The lowest BCUT2D eigenvalue weighted by molar-refractivity contribution is 0.109. The van der Waals surface area contributed by atoms with Crippen LogP contribution in [-0.4, -0.2) is 25.8 Å². The average molecular weight is 388 g/mol. The summed E-state index contributed by atoms with van der Waals surface area (Å²) in [5.41, 5.74) is 4.03. The molecule has 5 heteroatoms. The molecule has 0 heterocycles. The molecule has 0 atom stereocenters. The average Bonchev–Trinajstić information content (AvgIpc) is 2.50. The minimum absolute atomic E-state index is 0.173. The molecule has 0 spiro atoms. The van der Waals surface area contributed by atoms with Crippen LogP contribution in [-0.2, 0) is 6.54 Å². The monoisotopic (exact) mass is 387 g/mol. The molecule has 2 aromatic carbocycles. The van der Waals surface area contributed by atoms with E-state index in [1.165, 1.54) is 5.56 Å². The first-order valence-electron chi connectivity index (χ1n) is 8.70. The number of rotatable bonds is 6. The van der Waals surface area contributed by atoms with Crippen LogP contribution in [0.2, 0.25) is 39.3 Å². The molecule has 0 fully saturated rings. The summed E-state index contributed by atoms with van der Waals surface area (Å²) < 4.78 is 2.74. The van der Waals surface area contributed by atoms with Crippen molar-refractivity contribution in [2.24, 2.45) is 0 Å². The fraction of sp³-hybridized carbons (Fsp3) is 0.350. The lowest BCUT2D eigenvalue weighted by atomic mass is 9.95. The zero-order valence-corrected chi connectivity index (χ0v) is 19.0. The van der Waals surface area contributed by atoms with E-state index in [1.807, 2.05) is 30.3 Å². The van der Waals surface area contributed by atoms with E-state index in [2.05, 4.69) is 74.3 Å². The lowest BCUT2D eigenvalue weighted by Crippen LogP contribution is -2.58. The van der Waals surface area contributed by atoms with Crippen molar-refractivity contribution in [3.05, 3.63) is 59.7 Å². The minimum Gasteiger partial charge on any atom is -0.342 e. The summed E-state index contributed by atoms with van der Waals surface area (Å²) in [5, 5.41) is -0.173. The number of carbonyl (C=O) groups is 1. The van der Waals surface area contributed by atoms with E-state index in [4.69, 9.17) is 0 Å². The lowest BCUT2D eigenvalue weighted by Gasteiger charge is -2.44. The van der Waals surface area contributed by atoms with E-state index in [-0.39, 0.29) is 5.12 Å². The highest BCUT2D eigenvalue weighted by molar-refractivity contribution is 7.97. The third kappa shape index (κ3) is 4.94. The summed E-state index contributed by atoms with van der Waals surface area (Å²) in [5.74, 6) is 0. The first kappa shape index (κ1) is 20.2. The molecule has 2 aromatic rings. The number of hydrogen-bond acceptors (Lipinski definition) is 2. The Balaban J connectivity index is 2.62. The van der Waals surface area contributed by atoms with Gasteiger partial charge in [0.25, 0.3) is 0 Å². The van der Waals surface area contributed by atoms with Crippen molar-refractivity contribution in [1.29, 1.82) is 0 Å². The molecule has 0 radical (unpaired) electrons. The molecule has 0 saturated carbocycles. The zero-order chi connectivity index (χ0) is 18.8. The van der Waals surface area contributed by atoms with E-state index >= 15 is 0 Å². The van der Waals surface area contributed by atoms with Gasteiger partial charge in [0.2, 0.25) is 5.12 Å². The summed E-state index contributed by atoms with van der Waals surface area (Å²) in [6.45, 7) is 15.3. The Bertz CT molecular complexity index is 735. The topological polar surface area (TPSA) is 20.3 Å². The number of hydrogen-bond donors (Lipinski definition) is 1. The highest BCUT2D eigenvalue weighted by atomic mass is 32.1. The van der Waals surface area contributed by atoms with Gasteiger partial charge in [-0.1, -0.05) is 81.7 Å². The van der Waals surface area contributed by atoms with Crippen LogP contribution >= 0.6 is 12.6 Å². The molecule has 0 aliphatic rings. The molecular weight excluding hydrogens is 358 g/mol. The first-order valence-corrected chi connectivity index (χ1v) is 16.0. The Labute approximate surface area is 159 Å². The quantitative estimate of drug-likeness (QED) is 0.492. The Morgan fingerprint density at radius 3 is 1.92 bits per heavy atom. The maximum atomic E-state index is 12.1. The molecular formula is C20H29NOSSi2. The van der Waals surface area contributed by atoms with Crippen LogP contribution in [0.25, 0.3) is 11.1 Å². The molecule has 2 rings (SSSR count). The molecule has 25 heavy (non-hydrogen) atoms. The van der Waals surface area contributed by atoms with Crippen LogP contribution in [0.5, 0.6) is 0 Å². The second kappa shape index (κ2) is 7.62. The Kier molecular flexibility index (Phi) is 6.15. The molecule has 0 bridgehead atoms. The SMILES string of the molecule is C[Si](C)(C)N(Cc1cccc(C(=O)S)c1-c1ccccc1)[Si](C)(C)C. The van der Waals surface area contributed by atoms with Gasteiger partial charge in [-0.05, 0) is 22.8 Å². The van der Waals surface area contributed by atoms with Crippen molar-refractivity contribution in [3.63, 3.8) is 0 Å². The third-order valence-corrected chi connectivity index (χ3v) is 12.2. The summed E-state index contributed by atoms with van der Waals surface area (Å²) in [6.07, 6.45) is 0. The van der Waals surface area contributed by atoms with Crippen LogP contribution in [0.4, 0.5) is 0 Å². The fourth-order valence-electron chi connectivity index (χ4n) is 3.51. The van der Waals surface area contributed by atoms with Crippen molar-refractivity contribution < 1.29 is 4.79 Å². The van der Waals surface area contributed by atoms with E-state index in [0.717, 1.165) is 17.7 Å². The summed E-state index contributed by atoms with van der Waals surface area (Å²) in [7, 11) is -2.96. The molecule has 0 N–H and O–H groups in total. The van der Waals surface area contributed by atoms with Gasteiger partial charge in [-0.15, -0.1) is 12.6 Å². The zero-order valence-electron chi connectivity index (χ0n) is 16.1. The van der Waals surface area contributed by atoms with E-state index < -0.39 is 16.5 Å². The predicted molar refractivity (Wildman–Crippen MR) is 117 cm³/mol. The van der Waals surface area contributed by atoms with Crippen LogP contribution in [0, 0.1) is 0 Å². The van der Waals surface area contributed by atoms with E-state index in [9.17, 15) is 4.79 Å². The smallest absolute Gasteiger partial charge is 0.216 e. The van der Waals surface area contributed by atoms with Gasteiger partial charge < -0.3 is 4.23 Å². The molecule has 0 aliphatic carbocycles. The molecule has 0 aromatic heterocycles. The van der Waals surface area contributed by atoms with Gasteiger partial charge in [0.15, 0.2) is 0 Å². The Morgan fingerprint density at radius 2 is 1.44 bits per heavy atom. The van der Waals surface area contributed by atoms with Gasteiger partial charge in [-0.3, -0.25) is 4.79 Å². The summed E-state index contributed by atoms with van der Waals surface area (Å²) >= 11 is 4.12. The minimum atomic E-state index is -1.48. The molecule has 134 valence electrons. The number of carbonyl (C=O) groups excluding carboxylic acids is 1. The Morgan fingerprint density at radius 1 is 0.880 bits per heavy atom. The van der Waals surface area contributed by atoms with Crippen LogP contribution in [0.3, 0.4) is 0 Å². The summed E-state index contributed by atoms with van der Waals surface area (Å²) in [6, 6.07) is 16.2. The van der Waals surface area contributed by atoms with Crippen molar-refractivity contribution >= 4 is 34.2 Å². The van der Waals surface area contributed by atoms with Gasteiger partial charge in [-0.25, -0.2) is 0 Å². The normalized spacial score (nSPS) is 12.5. The van der Waals surface area contributed by atoms with E-state index in [0.29, 0.717) is 5.56 Å². The van der Waals surface area contributed by atoms with Gasteiger partial charge in [-0.2, -0.15) is 0 Å². The van der Waals surface area contributed by atoms with Gasteiger partial charge in [0.1, 0.15) is 16.5 Å². The second-order valence-corrected chi connectivity index (χ2v) is 19.1. The maximum absolute atomic E-state index is 12.1. The number of benzene rings is 2. The third-order valence-electron chi connectivity index (χ3n) is 4.39. The number of nitrogens with zero attached hydrogens (tertiary/aromatic N) is 1. The van der Waals surface area contributed by atoms with Crippen molar-refractivity contribution in [2.75, 3.05) is 0 Å². The highest BCUT2D eigenvalue weighted by Gasteiger charge is 2.34. The fourth-order valence-corrected chi connectivity index (χ4v) is 13.0. The van der Waals surface area contributed by atoms with Gasteiger partial charge >= 0.3 is 0 Å². The maximum Gasteiger partial charge on any atom is 0.216 e. The van der Waals surface area contributed by atoms with Crippen LogP contribution < -0.4 is 0 Å². The largest absolute Gasteiger partial charge is 0.342 e. The predicted octanol–water partition coefficient (Wildman–Crippen LogP) is 5.90. The molecule has 0 unspecified atom stereocenters. The first-order chi connectivity index (χ1) is 11.5. The second-order valence-electron chi connectivity index (χ2n) is 8.44. The summed E-state index contributed by atoms with van der Waals surface area (Å²) in [4.78, 5) is 12.1. The molecule has 0 amide bonds. The van der Waals surface area contributed by atoms with Crippen LogP contribution in [0.1, 0.15) is 15.9 Å². The van der Waals surface area contributed by atoms with Crippen LogP contribution in [0.15, 0.2) is 48.5 Å². The van der Waals surface area contributed by atoms with Crippen molar-refractivity contribution in [1.82, 2.24) is 4.23 Å². The Hall–Kier alpha value is -1.15. The molecule has 2 nitrogen and oxygen atoms in total. The van der Waals surface area contributed by atoms with Gasteiger partial charge in [0.05, 0.1) is 0 Å². The molecule has 0 aliphatic heterocycles. The van der Waals surface area contributed by atoms with Gasteiger partial charge in [0, 0.05) is 12.1 Å². The van der Waals surface area contributed by atoms with Crippen molar-refractivity contribution in [3.8, 4) is 11.1 Å². The van der Waals surface area contributed by atoms with E-state index in [1.54, 1.807) is 0 Å². The standard InChI is InChI=1S/C20H29NOSSi2/c1-24(2,3)21(25(4,5)6)15-17-13-10-14-18(20(22)23)19(17)16-11-8-7-9-12-16/h7-14H,15H2,1-6H3,(H,22,23). The van der Waals surface area contributed by atoms with Crippen molar-refractivity contribution in [2.45, 2.75) is 45.8 Å². The molecule has 0 saturated heterocycles. The highest BCUT2D eigenvalue weighted by Crippen LogP contribution is 2.32.